The van der Waals surface area contributed by atoms with Crippen LogP contribution in [0.15, 0.2) is 30.3 Å². The van der Waals surface area contributed by atoms with E-state index in [0.29, 0.717) is 26.1 Å². The van der Waals surface area contributed by atoms with Crippen molar-refractivity contribution in [3.05, 3.63) is 35.9 Å². The molecule has 0 bridgehead atoms. The van der Waals surface area contributed by atoms with E-state index < -0.39 is 6.04 Å². The van der Waals surface area contributed by atoms with E-state index >= 15 is 0 Å². The van der Waals surface area contributed by atoms with Crippen LogP contribution in [0.4, 0.5) is 0 Å². The Morgan fingerprint density at radius 1 is 1.33 bits per heavy atom. The monoisotopic (exact) mass is 292 g/mol. The minimum absolute atomic E-state index is 0.0134. The molecule has 0 radical (unpaired) electrons. The molecule has 1 saturated heterocycles. The molecule has 1 aliphatic heterocycles. The van der Waals surface area contributed by atoms with E-state index in [1.807, 2.05) is 35.2 Å². The summed E-state index contributed by atoms with van der Waals surface area (Å²) < 4.78 is 5.50. The zero-order valence-electron chi connectivity index (χ0n) is 12.3. The zero-order chi connectivity index (χ0) is 15.1. The third kappa shape index (κ3) is 4.81. The van der Waals surface area contributed by atoms with Crippen molar-refractivity contribution in [3.63, 3.8) is 0 Å². The highest BCUT2D eigenvalue weighted by Gasteiger charge is 2.26. The molecular weight excluding hydrogens is 268 g/mol. The van der Waals surface area contributed by atoms with Gasteiger partial charge in [-0.25, -0.2) is 0 Å². The van der Waals surface area contributed by atoms with Gasteiger partial charge in [0.05, 0.1) is 25.4 Å². The summed E-state index contributed by atoms with van der Waals surface area (Å²) in [5.74, 6) is 0.0134. The minimum Gasteiger partial charge on any atom is -0.394 e. The molecule has 0 aliphatic carbocycles. The second-order valence-corrected chi connectivity index (χ2v) is 5.42. The summed E-state index contributed by atoms with van der Waals surface area (Å²) in [6, 6.07) is 9.35. The Kier molecular flexibility index (Phi) is 6.17. The molecule has 21 heavy (non-hydrogen) atoms. The first kappa shape index (κ1) is 15.9. The second kappa shape index (κ2) is 8.12. The minimum atomic E-state index is -0.484. The molecular formula is C16H24N2O3. The van der Waals surface area contributed by atoms with Crippen LogP contribution in [0.1, 0.15) is 18.4 Å². The molecule has 2 rings (SSSR count). The first-order valence-corrected chi connectivity index (χ1v) is 7.51. The zero-order valence-corrected chi connectivity index (χ0v) is 12.3. The summed E-state index contributed by atoms with van der Waals surface area (Å²) >= 11 is 0. The molecule has 1 heterocycles. The molecule has 0 saturated carbocycles. The van der Waals surface area contributed by atoms with E-state index in [9.17, 15) is 4.79 Å². The van der Waals surface area contributed by atoms with E-state index in [1.54, 1.807) is 0 Å². The predicted molar refractivity (Wildman–Crippen MR) is 80.8 cm³/mol. The van der Waals surface area contributed by atoms with Gasteiger partial charge in [0.25, 0.3) is 0 Å². The van der Waals surface area contributed by atoms with Crippen LogP contribution in [0.3, 0.4) is 0 Å². The summed E-state index contributed by atoms with van der Waals surface area (Å²) in [7, 11) is 0. The van der Waals surface area contributed by atoms with Crippen LogP contribution < -0.4 is 5.73 Å². The summed E-state index contributed by atoms with van der Waals surface area (Å²) in [5, 5.41) is 8.74. The van der Waals surface area contributed by atoms with Crippen LogP contribution in [0.25, 0.3) is 0 Å². The van der Waals surface area contributed by atoms with E-state index in [0.717, 1.165) is 18.4 Å². The third-order valence-electron chi connectivity index (χ3n) is 3.81. The van der Waals surface area contributed by atoms with Gasteiger partial charge in [0.1, 0.15) is 0 Å². The predicted octanol–water partition coefficient (Wildman–Crippen LogP) is 0.556. The molecule has 1 atom stereocenters. The standard InChI is InChI=1S/C16H24N2O3/c17-15(12-13-4-2-1-3-5-13)16(20)18-8-6-14(7-9-18)21-11-10-19/h1-5,14-15,19H,6-12,17H2/t15-/m0/s1. The lowest BCUT2D eigenvalue weighted by atomic mass is 10.0. The summed E-state index contributed by atoms with van der Waals surface area (Å²) in [6.07, 6.45) is 2.33. The highest BCUT2D eigenvalue weighted by atomic mass is 16.5. The molecule has 3 N–H and O–H groups in total. The molecule has 0 aromatic heterocycles. The van der Waals surface area contributed by atoms with Crippen LogP contribution in [-0.2, 0) is 16.0 Å². The van der Waals surface area contributed by atoms with Gasteiger partial charge in [0, 0.05) is 13.1 Å². The fraction of sp³-hybridized carbons (Fsp3) is 0.562. The van der Waals surface area contributed by atoms with Gasteiger partial charge in [-0.15, -0.1) is 0 Å². The number of piperidine rings is 1. The van der Waals surface area contributed by atoms with Gasteiger partial charge in [0.2, 0.25) is 5.91 Å². The van der Waals surface area contributed by atoms with E-state index in [4.69, 9.17) is 15.6 Å². The highest BCUT2D eigenvalue weighted by Crippen LogP contribution is 2.15. The lowest BCUT2D eigenvalue weighted by Crippen LogP contribution is -2.49. The molecule has 0 unspecified atom stereocenters. The van der Waals surface area contributed by atoms with E-state index in [-0.39, 0.29) is 18.6 Å². The Bertz CT molecular complexity index is 430. The molecule has 0 spiro atoms. The van der Waals surface area contributed by atoms with Crippen molar-refractivity contribution in [1.82, 2.24) is 4.90 Å². The number of nitrogens with two attached hydrogens (primary N) is 1. The van der Waals surface area contributed by atoms with Crippen molar-refractivity contribution in [2.45, 2.75) is 31.4 Å². The van der Waals surface area contributed by atoms with Crippen molar-refractivity contribution in [3.8, 4) is 0 Å². The number of rotatable bonds is 6. The quantitative estimate of drug-likeness (QED) is 0.803. The fourth-order valence-corrected chi connectivity index (χ4v) is 2.65. The van der Waals surface area contributed by atoms with Crippen molar-refractivity contribution < 1.29 is 14.6 Å². The topological polar surface area (TPSA) is 75.8 Å². The van der Waals surface area contributed by atoms with Gasteiger partial charge in [-0.1, -0.05) is 30.3 Å². The van der Waals surface area contributed by atoms with Gasteiger partial charge >= 0.3 is 0 Å². The Morgan fingerprint density at radius 2 is 2.00 bits per heavy atom. The van der Waals surface area contributed by atoms with Gasteiger partial charge in [0.15, 0.2) is 0 Å². The molecule has 5 nitrogen and oxygen atoms in total. The average molecular weight is 292 g/mol. The number of ether oxygens (including phenoxy) is 1. The first-order chi connectivity index (χ1) is 10.2. The summed E-state index contributed by atoms with van der Waals surface area (Å²) in [4.78, 5) is 14.2. The number of aliphatic hydroxyl groups is 1. The maximum atomic E-state index is 12.3. The number of hydrogen-bond acceptors (Lipinski definition) is 4. The number of aliphatic hydroxyl groups excluding tert-OH is 1. The number of likely N-dealkylation sites (tertiary alicyclic amines) is 1. The molecule has 1 fully saturated rings. The fourth-order valence-electron chi connectivity index (χ4n) is 2.65. The molecule has 1 aromatic carbocycles. The number of hydrogen-bond donors (Lipinski definition) is 2. The lowest BCUT2D eigenvalue weighted by molar-refractivity contribution is -0.135. The number of nitrogens with zero attached hydrogens (tertiary/aromatic N) is 1. The van der Waals surface area contributed by atoms with Crippen LogP contribution >= 0.6 is 0 Å². The highest BCUT2D eigenvalue weighted by molar-refractivity contribution is 5.82. The lowest BCUT2D eigenvalue weighted by Gasteiger charge is -2.33. The number of amides is 1. The van der Waals surface area contributed by atoms with Crippen LogP contribution in [0, 0.1) is 0 Å². The van der Waals surface area contributed by atoms with Gasteiger partial charge in [-0.05, 0) is 24.8 Å². The summed E-state index contributed by atoms with van der Waals surface area (Å²) in [6.45, 7) is 1.77. The SMILES string of the molecule is N[C@@H](Cc1ccccc1)C(=O)N1CCC(OCCO)CC1. The second-order valence-electron chi connectivity index (χ2n) is 5.42. The Labute approximate surface area is 125 Å². The smallest absolute Gasteiger partial charge is 0.239 e. The van der Waals surface area contributed by atoms with Gasteiger partial charge in [-0.3, -0.25) is 4.79 Å². The van der Waals surface area contributed by atoms with Gasteiger partial charge < -0.3 is 20.5 Å². The largest absolute Gasteiger partial charge is 0.394 e. The van der Waals surface area contributed by atoms with Crippen LogP contribution in [-0.4, -0.2) is 54.4 Å². The Hall–Kier alpha value is -1.43. The maximum Gasteiger partial charge on any atom is 0.239 e. The number of benzene rings is 1. The van der Waals surface area contributed by atoms with Crippen LogP contribution in [0.2, 0.25) is 0 Å². The number of carbonyl (C=O) groups excluding carboxylic acids is 1. The maximum absolute atomic E-state index is 12.3. The van der Waals surface area contributed by atoms with Crippen molar-refractivity contribution in [1.29, 1.82) is 0 Å². The van der Waals surface area contributed by atoms with Crippen molar-refractivity contribution in [2.24, 2.45) is 5.73 Å². The van der Waals surface area contributed by atoms with Crippen molar-refractivity contribution in [2.75, 3.05) is 26.3 Å². The normalized spacial score (nSPS) is 17.7. The first-order valence-electron chi connectivity index (χ1n) is 7.51. The molecule has 5 heteroatoms. The summed E-state index contributed by atoms with van der Waals surface area (Å²) in [5.41, 5.74) is 7.12. The van der Waals surface area contributed by atoms with Crippen LogP contribution in [0.5, 0.6) is 0 Å². The van der Waals surface area contributed by atoms with Crippen molar-refractivity contribution >= 4 is 5.91 Å². The molecule has 1 aromatic rings. The Morgan fingerprint density at radius 3 is 2.62 bits per heavy atom. The number of carbonyl (C=O) groups is 1. The van der Waals surface area contributed by atoms with E-state index in [2.05, 4.69) is 0 Å². The Balaban J connectivity index is 1.78. The van der Waals surface area contributed by atoms with E-state index in [1.165, 1.54) is 0 Å². The average Bonchev–Trinajstić information content (AvgIpc) is 2.53. The van der Waals surface area contributed by atoms with Gasteiger partial charge in [-0.2, -0.15) is 0 Å². The molecule has 116 valence electrons. The molecule has 1 aliphatic rings. The third-order valence-corrected chi connectivity index (χ3v) is 3.81. The molecule has 1 amide bonds.